The zero-order valence-electron chi connectivity index (χ0n) is 17.5. The third-order valence-electron chi connectivity index (χ3n) is 5.04. The first-order valence-electron chi connectivity index (χ1n) is 11.4. The van der Waals surface area contributed by atoms with E-state index in [1.54, 1.807) is 0 Å². The molecule has 0 nitrogen and oxygen atoms in total. The summed E-state index contributed by atoms with van der Waals surface area (Å²) in [7, 11) is 0. The first-order chi connectivity index (χ1) is 11.8. The molecule has 0 aromatic rings. The van der Waals surface area contributed by atoms with E-state index in [1.165, 1.54) is 116 Å². The van der Waals surface area contributed by atoms with E-state index in [1.807, 2.05) is 0 Å². The van der Waals surface area contributed by atoms with Crippen molar-refractivity contribution in [1.29, 1.82) is 0 Å². The lowest BCUT2D eigenvalue weighted by atomic mass is 10.0. The molecule has 0 amide bonds. The monoisotopic (exact) mass is 336 g/mol. The van der Waals surface area contributed by atoms with E-state index in [9.17, 15) is 0 Å². The summed E-state index contributed by atoms with van der Waals surface area (Å²) in [6.07, 6.45) is 30.5. The molecule has 0 rings (SSSR count). The molecule has 0 bridgehead atoms. The van der Waals surface area contributed by atoms with Gasteiger partial charge < -0.3 is 0 Å². The van der Waals surface area contributed by atoms with Crippen LogP contribution < -0.4 is 0 Å². The molecule has 0 fully saturated rings. The fourth-order valence-corrected chi connectivity index (χ4v) is 3.33. The highest BCUT2D eigenvalue weighted by atomic mass is 14.0. The van der Waals surface area contributed by atoms with Gasteiger partial charge in [0, 0.05) is 0 Å². The van der Waals surface area contributed by atoms with Crippen molar-refractivity contribution >= 4 is 0 Å². The second-order valence-electron chi connectivity index (χ2n) is 8.18. The molecular weight excluding hydrogens is 288 g/mol. The average Bonchev–Trinajstić information content (AvgIpc) is 2.56. The van der Waals surface area contributed by atoms with Crippen molar-refractivity contribution in [1.82, 2.24) is 0 Å². The van der Waals surface area contributed by atoms with Gasteiger partial charge in [0.15, 0.2) is 0 Å². The minimum absolute atomic E-state index is 0.885. The molecule has 0 radical (unpaired) electrons. The highest BCUT2D eigenvalue weighted by Gasteiger charge is 1.94. The normalized spacial score (nSPS) is 11.8. The maximum Gasteiger partial charge on any atom is -0.0351 e. The van der Waals surface area contributed by atoms with Gasteiger partial charge in [0.05, 0.1) is 0 Å². The highest BCUT2D eigenvalue weighted by Crippen LogP contribution is 2.13. The molecule has 0 heterocycles. The Kier molecular flexibility index (Phi) is 20.6. The SMILES string of the molecule is CCCCCCCCCCCCC/C=C/CCCCCCC(C)C. The Morgan fingerprint density at radius 1 is 0.500 bits per heavy atom. The Morgan fingerprint density at radius 3 is 1.29 bits per heavy atom. The van der Waals surface area contributed by atoms with E-state index in [4.69, 9.17) is 0 Å². The lowest BCUT2D eigenvalue weighted by Crippen LogP contribution is -1.86. The van der Waals surface area contributed by atoms with Crippen LogP contribution in [-0.2, 0) is 0 Å². The summed E-state index contributed by atoms with van der Waals surface area (Å²) in [5.41, 5.74) is 0. The molecule has 144 valence electrons. The summed E-state index contributed by atoms with van der Waals surface area (Å²) in [4.78, 5) is 0. The second-order valence-corrected chi connectivity index (χ2v) is 8.18. The van der Waals surface area contributed by atoms with E-state index >= 15 is 0 Å². The maximum atomic E-state index is 2.43. The zero-order chi connectivity index (χ0) is 17.7. The maximum absolute atomic E-state index is 2.43. The van der Waals surface area contributed by atoms with Gasteiger partial charge in [0.1, 0.15) is 0 Å². The molecule has 0 aliphatic heterocycles. The first kappa shape index (κ1) is 23.7. The topological polar surface area (TPSA) is 0 Å². The van der Waals surface area contributed by atoms with Crippen LogP contribution in [0, 0.1) is 5.92 Å². The fourth-order valence-electron chi connectivity index (χ4n) is 3.33. The second kappa shape index (κ2) is 20.8. The van der Waals surface area contributed by atoms with Gasteiger partial charge in [-0.3, -0.25) is 0 Å². The van der Waals surface area contributed by atoms with Crippen LogP contribution in [0.2, 0.25) is 0 Å². The van der Waals surface area contributed by atoms with E-state index in [-0.39, 0.29) is 0 Å². The predicted molar refractivity (Wildman–Crippen MR) is 113 cm³/mol. The molecule has 0 unspecified atom stereocenters. The van der Waals surface area contributed by atoms with Crippen LogP contribution in [0.1, 0.15) is 136 Å². The van der Waals surface area contributed by atoms with E-state index in [0.717, 1.165) is 5.92 Å². The Morgan fingerprint density at radius 2 is 0.875 bits per heavy atom. The summed E-state index contributed by atoms with van der Waals surface area (Å²) >= 11 is 0. The Bertz CT molecular complexity index is 238. The van der Waals surface area contributed by atoms with Crippen molar-refractivity contribution in [3.8, 4) is 0 Å². The van der Waals surface area contributed by atoms with Gasteiger partial charge in [0.2, 0.25) is 0 Å². The number of allylic oxidation sites excluding steroid dienone is 2. The van der Waals surface area contributed by atoms with Gasteiger partial charge in [-0.25, -0.2) is 0 Å². The van der Waals surface area contributed by atoms with Crippen molar-refractivity contribution < 1.29 is 0 Å². The lowest BCUT2D eigenvalue weighted by molar-refractivity contribution is 0.521. The van der Waals surface area contributed by atoms with E-state index < -0.39 is 0 Å². The predicted octanol–water partition coefficient (Wildman–Crippen LogP) is 9.24. The molecule has 0 N–H and O–H groups in total. The molecule has 0 heteroatoms. The van der Waals surface area contributed by atoms with Crippen LogP contribution in [0.5, 0.6) is 0 Å². The van der Waals surface area contributed by atoms with Crippen LogP contribution in [0.4, 0.5) is 0 Å². The molecule has 0 aliphatic rings. The Hall–Kier alpha value is -0.260. The summed E-state index contributed by atoms with van der Waals surface area (Å²) in [6.45, 7) is 6.96. The number of unbranched alkanes of at least 4 members (excludes halogenated alkanes) is 15. The van der Waals surface area contributed by atoms with Gasteiger partial charge in [-0.15, -0.1) is 0 Å². The third-order valence-corrected chi connectivity index (χ3v) is 5.04. The summed E-state index contributed by atoms with van der Waals surface area (Å²) in [5.74, 6) is 0.885. The smallest absolute Gasteiger partial charge is 0.0351 e. The molecule has 24 heavy (non-hydrogen) atoms. The standard InChI is InChI=1S/C24H48/c1-4-5-6-7-8-9-10-11-12-13-14-15-16-17-18-19-20-21-22-23-24(2)3/h16-17,24H,4-15,18-23H2,1-3H3/b17-16+. The van der Waals surface area contributed by atoms with Gasteiger partial charge in [-0.05, 0) is 31.6 Å². The van der Waals surface area contributed by atoms with Gasteiger partial charge >= 0.3 is 0 Å². The summed E-state index contributed by atoms with van der Waals surface area (Å²) < 4.78 is 0. The van der Waals surface area contributed by atoms with Crippen molar-refractivity contribution in [3.63, 3.8) is 0 Å². The van der Waals surface area contributed by atoms with Crippen molar-refractivity contribution in [3.05, 3.63) is 12.2 Å². The van der Waals surface area contributed by atoms with Crippen molar-refractivity contribution in [2.75, 3.05) is 0 Å². The number of rotatable bonds is 19. The number of hydrogen-bond acceptors (Lipinski definition) is 0. The largest absolute Gasteiger partial charge is 0.0885 e. The van der Waals surface area contributed by atoms with Crippen LogP contribution in [0.15, 0.2) is 12.2 Å². The minimum Gasteiger partial charge on any atom is -0.0885 e. The molecule has 0 aromatic carbocycles. The third kappa shape index (κ3) is 21.7. The highest BCUT2D eigenvalue weighted by molar-refractivity contribution is 4.81. The first-order valence-corrected chi connectivity index (χ1v) is 11.4. The Labute approximate surface area is 154 Å². The fraction of sp³-hybridized carbons (Fsp3) is 0.917. The van der Waals surface area contributed by atoms with Gasteiger partial charge in [-0.1, -0.05) is 123 Å². The molecule has 0 saturated carbocycles. The lowest BCUT2D eigenvalue weighted by Gasteiger charge is -2.03. The number of hydrogen-bond donors (Lipinski definition) is 0. The quantitative estimate of drug-likeness (QED) is 0.163. The van der Waals surface area contributed by atoms with Crippen LogP contribution in [0.3, 0.4) is 0 Å². The van der Waals surface area contributed by atoms with Crippen molar-refractivity contribution in [2.24, 2.45) is 5.92 Å². The van der Waals surface area contributed by atoms with Gasteiger partial charge in [0.25, 0.3) is 0 Å². The van der Waals surface area contributed by atoms with Crippen molar-refractivity contribution in [2.45, 2.75) is 136 Å². The van der Waals surface area contributed by atoms with E-state index in [0.29, 0.717) is 0 Å². The molecule has 0 saturated heterocycles. The van der Waals surface area contributed by atoms with Crippen LogP contribution >= 0.6 is 0 Å². The molecule has 0 aliphatic carbocycles. The molecule has 0 spiro atoms. The zero-order valence-corrected chi connectivity index (χ0v) is 17.5. The van der Waals surface area contributed by atoms with E-state index in [2.05, 4.69) is 32.9 Å². The Balaban J connectivity index is 3.06. The minimum atomic E-state index is 0.885. The van der Waals surface area contributed by atoms with Crippen LogP contribution in [0.25, 0.3) is 0 Å². The summed E-state index contributed by atoms with van der Waals surface area (Å²) in [5, 5.41) is 0. The molecule has 0 atom stereocenters. The average molecular weight is 337 g/mol. The summed E-state index contributed by atoms with van der Waals surface area (Å²) in [6, 6.07) is 0. The molecular formula is C24H48. The molecule has 0 aromatic heterocycles. The van der Waals surface area contributed by atoms with Crippen LogP contribution in [-0.4, -0.2) is 0 Å². The van der Waals surface area contributed by atoms with Gasteiger partial charge in [-0.2, -0.15) is 0 Å².